The molecule has 4 nitrogen and oxygen atoms in total. The smallest absolute Gasteiger partial charge is 0.269 e. The SMILES string of the molecule is CC(C)CC1Cc2cc([N+](=O)[O-])ccc2CN1. The zero-order chi connectivity index (χ0) is 12.4. The maximum Gasteiger partial charge on any atom is 0.269 e. The van der Waals surface area contributed by atoms with Crippen molar-refractivity contribution in [2.45, 2.75) is 39.3 Å². The van der Waals surface area contributed by atoms with Crippen LogP contribution in [-0.2, 0) is 13.0 Å². The highest BCUT2D eigenvalue weighted by Gasteiger charge is 2.20. The molecule has 1 aromatic rings. The summed E-state index contributed by atoms with van der Waals surface area (Å²) in [5.74, 6) is 0.646. The van der Waals surface area contributed by atoms with Crippen molar-refractivity contribution in [2.24, 2.45) is 5.92 Å². The number of nitrogens with one attached hydrogen (secondary N) is 1. The Hall–Kier alpha value is -1.42. The van der Waals surface area contributed by atoms with E-state index in [1.165, 1.54) is 5.56 Å². The van der Waals surface area contributed by atoms with Gasteiger partial charge in [0.05, 0.1) is 4.92 Å². The number of hydrogen-bond donors (Lipinski definition) is 1. The van der Waals surface area contributed by atoms with E-state index in [-0.39, 0.29) is 10.6 Å². The van der Waals surface area contributed by atoms with E-state index in [1.807, 2.05) is 6.07 Å². The molecule has 0 aliphatic carbocycles. The van der Waals surface area contributed by atoms with Crippen molar-refractivity contribution in [1.29, 1.82) is 0 Å². The summed E-state index contributed by atoms with van der Waals surface area (Å²) in [7, 11) is 0. The number of nitrogens with zero attached hydrogens (tertiary/aromatic N) is 1. The maximum absolute atomic E-state index is 10.7. The molecule has 1 aromatic carbocycles. The third kappa shape index (κ3) is 2.82. The van der Waals surface area contributed by atoms with Crippen molar-refractivity contribution in [3.63, 3.8) is 0 Å². The van der Waals surface area contributed by atoms with Gasteiger partial charge in [-0.2, -0.15) is 0 Å². The molecule has 0 amide bonds. The molecule has 0 fully saturated rings. The summed E-state index contributed by atoms with van der Waals surface area (Å²) in [5, 5.41) is 14.2. The summed E-state index contributed by atoms with van der Waals surface area (Å²) >= 11 is 0. The summed E-state index contributed by atoms with van der Waals surface area (Å²) in [4.78, 5) is 10.4. The molecule has 92 valence electrons. The summed E-state index contributed by atoms with van der Waals surface area (Å²) in [6.45, 7) is 5.22. The first-order chi connectivity index (χ1) is 8.06. The summed E-state index contributed by atoms with van der Waals surface area (Å²) in [6.07, 6.45) is 2.01. The summed E-state index contributed by atoms with van der Waals surface area (Å²) in [6, 6.07) is 5.63. The average molecular weight is 234 g/mol. The van der Waals surface area contributed by atoms with E-state index in [0.717, 1.165) is 24.9 Å². The van der Waals surface area contributed by atoms with E-state index in [1.54, 1.807) is 12.1 Å². The fraction of sp³-hybridized carbons (Fsp3) is 0.538. The number of fused-ring (bicyclic) bond motifs is 1. The monoisotopic (exact) mass is 234 g/mol. The van der Waals surface area contributed by atoms with Gasteiger partial charge >= 0.3 is 0 Å². The second-order valence-electron chi connectivity index (χ2n) is 5.12. The number of rotatable bonds is 3. The minimum Gasteiger partial charge on any atom is -0.310 e. The van der Waals surface area contributed by atoms with Crippen LogP contribution in [0.2, 0.25) is 0 Å². The summed E-state index contributed by atoms with van der Waals surface area (Å²) < 4.78 is 0. The van der Waals surface area contributed by atoms with Crippen LogP contribution in [0.4, 0.5) is 5.69 Å². The van der Waals surface area contributed by atoms with E-state index in [4.69, 9.17) is 0 Å². The van der Waals surface area contributed by atoms with Crippen LogP contribution in [0.15, 0.2) is 18.2 Å². The quantitative estimate of drug-likeness (QED) is 0.646. The molecule has 4 heteroatoms. The van der Waals surface area contributed by atoms with Gasteiger partial charge in [0.2, 0.25) is 0 Å². The minimum absolute atomic E-state index is 0.203. The van der Waals surface area contributed by atoms with Gasteiger partial charge in [-0.15, -0.1) is 0 Å². The highest BCUT2D eigenvalue weighted by molar-refractivity contribution is 5.41. The number of nitro benzene ring substituents is 1. The molecule has 0 bridgehead atoms. The fourth-order valence-corrected chi connectivity index (χ4v) is 2.42. The second kappa shape index (κ2) is 4.84. The molecule has 0 aromatic heterocycles. The Morgan fingerprint density at radius 1 is 1.47 bits per heavy atom. The number of nitro groups is 1. The molecule has 1 atom stereocenters. The molecule has 1 N–H and O–H groups in total. The van der Waals surface area contributed by atoms with Crippen molar-refractivity contribution >= 4 is 5.69 Å². The van der Waals surface area contributed by atoms with Crippen LogP contribution < -0.4 is 5.32 Å². The van der Waals surface area contributed by atoms with Crippen LogP contribution in [0, 0.1) is 16.0 Å². The largest absolute Gasteiger partial charge is 0.310 e. The average Bonchev–Trinajstić information content (AvgIpc) is 2.27. The third-order valence-corrected chi connectivity index (χ3v) is 3.20. The molecule has 0 saturated carbocycles. The molecule has 0 saturated heterocycles. The second-order valence-corrected chi connectivity index (χ2v) is 5.12. The van der Waals surface area contributed by atoms with Crippen molar-refractivity contribution in [2.75, 3.05) is 0 Å². The molecule has 1 unspecified atom stereocenters. The molecule has 2 rings (SSSR count). The Bertz CT molecular complexity index is 429. The topological polar surface area (TPSA) is 55.2 Å². The number of hydrogen-bond acceptors (Lipinski definition) is 3. The zero-order valence-corrected chi connectivity index (χ0v) is 10.3. The first-order valence-electron chi connectivity index (χ1n) is 6.06. The number of benzene rings is 1. The lowest BCUT2D eigenvalue weighted by Gasteiger charge is -2.27. The maximum atomic E-state index is 10.7. The standard InChI is InChI=1S/C13H18N2O2/c1-9(2)5-12-6-11-7-13(15(16)17)4-3-10(11)8-14-12/h3-4,7,9,12,14H,5-6,8H2,1-2H3. The highest BCUT2D eigenvalue weighted by atomic mass is 16.6. The molecule has 17 heavy (non-hydrogen) atoms. The molecule has 0 spiro atoms. The Kier molecular flexibility index (Phi) is 3.43. The molecule has 1 aliphatic heterocycles. The lowest BCUT2D eigenvalue weighted by Crippen LogP contribution is -2.36. The first kappa shape index (κ1) is 12.0. The highest BCUT2D eigenvalue weighted by Crippen LogP contribution is 2.24. The summed E-state index contributed by atoms with van der Waals surface area (Å²) in [5.41, 5.74) is 2.52. The van der Waals surface area contributed by atoms with E-state index in [2.05, 4.69) is 19.2 Å². The van der Waals surface area contributed by atoms with E-state index in [0.29, 0.717) is 12.0 Å². The lowest BCUT2D eigenvalue weighted by molar-refractivity contribution is -0.384. The van der Waals surface area contributed by atoms with Crippen molar-refractivity contribution < 1.29 is 4.92 Å². The van der Waals surface area contributed by atoms with Gasteiger partial charge in [0.25, 0.3) is 5.69 Å². The van der Waals surface area contributed by atoms with Crippen molar-refractivity contribution in [3.05, 3.63) is 39.4 Å². The predicted molar refractivity (Wildman–Crippen MR) is 66.9 cm³/mol. The van der Waals surface area contributed by atoms with Gasteiger partial charge in [0, 0.05) is 24.7 Å². The predicted octanol–water partition coefficient (Wildman–Crippen LogP) is 2.66. The van der Waals surface area contributed by atoms with Gasteiger partial charge in [0.15, 0.2) is 0 Å². The Morgan fingerprint density at radius 2 is 2.24 bits per heavy atom. The zero-order valence-electron chi connectivity index (χ0n) is 10.3. The van der Waals surface area contributed by atoms with E-state index >= 15 is 0 Å². The van der Waals surface area contributed by atoms with Gasteiger partial charge in [-0.05, 0) is 29.9 Å². The number of non-ortho nitro benzene ring substituents is 1. The molecular weight excluding hydrogens is 216 g/mol. The van der Waals surface area contributed by atoms with Crippen LogP contribution in [0.25, 0.3) is 0 Å². The Morgan fingerprint density at radius 3 is 2.88 bits per heavy atom. The van der Waals surface area contributed by atoms with Crippen LogP contribution in [0.1, 0.15) is 31.4 Å². The van der Waals surface area contributed by atoms with Crippen molar-refractivity contribution in [3.8, 4) is 0 Å². The molecule has 0 radical (unpaired) electrons. The Balaban J connectivity index is 2.17. The van der Waals surface area contributed by atoms with Crippen LogP contribution in [0.5, 0.6) is 0 Å². The van der Waals surface area contributed by atoms with Gasteiger partial charge < -0.3 is 5.32 Å². The fourth-order valence-electron chi connectivity index (χ4n) is 2.42. The van der Waals surface area contributed by atoms with E-state index < -0.39 is 0 Å². The van der Waals surface area contributed by atoms with E-state index in [9.17, 15) is 10.1 Å². The van der Waals surface area contributed by atoms with Crippen LogP contribution in [0.3, 0.4) is 0 Å². The van der Waals surface area contributed by atoms with Crippen molar-refractivity contribution in [1.82, 2.24) is 5.32 Å². The Labute approximate surface area is 101 Å². The normalized spacial score (nSPS) is 19.1. The van der Waals surface area contributed by atoms with Gasteiger partial charge in [-0.25, -0.2) is 0 Å². The molecule has 1 aliphatic rings. The molecule has 1 heterocycles. The van der Waals surface area contributed by atoms with Gasteiger partial charge in [-0.3, -0.25) is 10.1 Å². The van der Waals surface area contributed by atoms with Crippen LogP contribution in [-0.4, -0.2) is 11.0 Å². The minimum atomic E-state index is -0.320. The lowest BCUT2D eigenvalue weighted by atomic mass is 9.91. The first-order valence-corrected chi connectivity index (χ1v) is 6.06. The van der Waals surface area contributed by atoms with Crippen LogP contribution >= 0.6 is 0 Å². The molecular formula is C13H18N2O2. The van der Waals surface area contributed by atoms with Gasteiger partial charge in [-0.1, -0.05) is 19.9 Å². The van der Waals surface area contributed by atoms with Gasteiger partial charge in [0.1, 0.15) is 0 Å². The third-order valence-electron chi connectivity index (χ3n) is 3.20.